The maximum atomic E-state index is 11.2. The van der Waals surface area contributed by atoms with E-state index in [0.717, 1.165) is 5.56 Å². The predicted molar refractivity (Wildman–Crippen MR) is 77.1 cm³/mol. The van der Waals surface area contributed by atoms with Crippen molar-refractivity contribution >= 4 is 30.5 Å². The second-order valence-electron chi connectivity index (χ2n) is 4.84. The van der Waals surface area contributed by atoms with Gasteiger partial charge in [0.2, 0.25) is 0 Å². The van der Waals surface area contributed by atoms with Crippen LogP contribution < -0.4 is 0 Å². The summed E-state index contributed by atoms with van der Waals surface area (Å²) in [5, 5.41) is 26.6. The molecule has 1 aromatic rings. The molecule has 0 amide bonds. The number of aliphatic carboxylic acids is 1. The fraction of sp³-hybridized carbons (Fsp3) is 0.429. The molecule has 4 nitrogen and oxygen atoms in total. The number of carboxylic acid groups (broad SMARTS) is 1. The van der Waals surface area contributed by atoms with Crippen LogP contribution in [0.5, 0.6) is 0 Å². The van der Waals surface area contributed by atoms with Crippen LogP contribution in [0.2, 0.25) is 0 Å². The van der Waals surface area contributed by atoms with Crippen LogP contribution in [0.25, 0.3) is 0 Å². The third-order valence-electron chi connectivity index (χ3n) is 3.25. The molecule has 0 saturated heterocycles. The molecule has 0 aliphatic carbocycles. The van der Waals surface area contributed by atoms with E-state index in [1.54, 1.807) is 0 Å². The zero-order valence-electron chi connectivity index (χ0n) is 10.7. The van der Waals surface area contributed by atoms with Crippen LogP contribution in [-0.4, -0.2) is 46.9 Å². The fourth-order valence-electron chi connectivity index (χ4n) is 1.75. The first-order valence-corrected chi connectivity index (χ1v) is 5.88. The van der Waals surface area contributed by atoms with Crippen LogP contribution in [-0.2, 0) is 11.2 Å². The van der Waals surface area contributed by atoms with E-state index in [1.165, 1.54) is 13.8 Å². The van der Waals surface area contributed by atoms with E-state index < -0.39 is 17.5 Å². The molecule has 1 aromatic carbocycles. The first-order valence-electron chi connectivity index (χ1n) is 5.88. The Labute approximate surface area is 125 Å². The Morgan fingerprint density at radius 3 is 2.32 bits per heavy atom. The third-order valence-corrected chi connectivity index (χ3v) is 3.25. The quantitative estimate of drug-likeness (QED) is 0.533. The maximum absolute atomic E-state index is 11.2. The van der Waals surface area contributed by atoms with Crippen molar-refractivity contribution in [2.45, 2.75) is 32.8 Å². The van der Waals surface area contributed by atoms with Gasteiger partial charge in [-0.1, -0.05) is 30.3 Å². The molecule has 100 valence electrons. The van der Waals surface area contributed by atoms with E-state index >= 15 is 0 Å². The number of hydrogen-bond donors (Lipinski definition) is 3. The summed E-state index contributed by atoms with van der Waals surface area (Å²) >= 11 is 0. The van der Waals surface area contributed by atoms with Crippen LogP contribution in [0.15, 0.2) is 30.3 Å². The number of carboxylic acids is 1. The zero-order valence-corrected chi connectivity index (χ0v) is 10.7. The number of benzene rings is 1. The van der Waals surface area contributed by atoms with E-state index in [2.05, 4.69) is 0 Å². The predicted octanol–water partition coefficient (Wildman–Crippen LogP) is 1.46. The molecule has 1 rings (SSSR count). The molecule has 2 atom stereocenters. The third kappa shape index (κ3) is 4.83. The molecule has 2 unspecified atom stereocenters. The Bertz CT molecular complexity index is 434. The van der Waals surface area contributed by atoms with Gasteiger partial charge >= 0.3 is 24.8 Å². The Morgan fingerprint density at radius 2 is 1.89 bits per heavy atom. The van der Waals surface area contributed by atoms with Gasteiger partial charge in [-0.25, -0.2) is 0 Å². The van der Waals surface area contributed by atoms with Crippen molar-refractivity contribution in [1.29, 1.82) is 5.41 Å². The van der Waals surface area contributed by atoms with E-state index in [4.69, 9.17) is 10.5 Å². The molecular formula is C14H20LiNO3. The number of hydrogen-bond acceptors (Lipinski definition) is 3. The van der Waals surface area contributed by atoms with Crippen molar-refractivity contribution in [3.05, 3.63) is 35.9 Å². The van der Waals surface area contributed by atoms with Gasteiger partial charge in [0, 0.05) is 18.6 Å². The Morgan fingerprint density at radius 1 is 1.37 bits per heavy atom. The molecule has 0 spiro atoms. The minimum absolute atomic E-state index is 0. The molecule has 0 fully saturated rings. The SMILES string of the molecule is CC(O)C(C)(CC(=N)Cc1ccccc1)C(=O)O.[LiH]. The molecule has 0 heterocycles. The summed E-state index contributed by atoms with van der Waals surface area (Å²) in [6.45, 7) is 2.92. The van der Waals surface area contributed by atoms with Crippen molar-refractivity contribution < 1.29 is 15.0 Å². The topological polar surface area (TPSA) is 81.4 Å². The van der Waals surface area contributed by atoms with Crippen molar-refractivity contribution in [3.8, 4) is 0 Å². The Kier molecular flexibility index (Phi) is 7.07. The van der Waals surface area contributed by atoms with Gasteiger partial charge in [0.25, 0.3) is 0 Å². The van der Waals surface area contributed by atoms with Gasteiger partial charge in [-0.15, -0.1) is 0 Å². The van der Waals surface area contributed by atoms with E-state index in [0.29, 0.717) is 12.1 Å². The zero-order chi connectivity index (χ0) is 13.8. The number of rotatable bonds is 6. The Balaban J connectivity index is 0.00000324. The molecule has 0 radical (unpaired) electrons. The fourth-order valence-corrected chi connectivity index (χ4v) is 1.75. The second kappa shape index (κ2) is 7.49. The first kappa shape index (κ1) is 17.9. The van der Waals surface area contributed by atoms with Crippen LogP contribution >= 0.6 is 0 Å². The minimum atomic E-state index is -1.30. The van der Waals surface area contributed by atoms with Crippen molar-refractivity contribution in [2.24, 2.45) is 5.41 Å². The molecule has 3 N–H and O–H groups in total. The van der Waals surface area contributed by atoms with Crippen LogP contribution in [0, 0.1) is 10.8 Å². The van der Waals surface area contributed by atoms with E-state index in [9.17, 15) is 9.90 Å². The molecule has 0 saturated carbocycles. The molecule has 5 heteroatoms. The molecule has 0 aromatic heterocycles. The number of nitrogens with one attached hydrogen (secondary N) is 1. The normalized spacial score (nSPS) is 14.9. The van der Waals surface area contributed by atoms with Crippen LogP contribution in [0.4, 0.5) is 0 Å². The average Bonchev–Trinajstić information content (AvgIpc) is 2.29. The van der Waals surface area contributed by atoms with Gasteiger partial charge in [0.1, 0.15) is 0 Å². The van der Waals surface area contributed by atoms with Gasteiger partial charge < -0.3 is 15.6 Å². The van der Waals surface area contributed by atoms with Gasteiger partial charge in [-0.2, -0.15) is 0 Å². The van der Waals surface area contributed by atoms with E-state index in [-0.39, 0.29) is 25.3 Å². The summed E-state index contributed by atoms with van der Waals surface area (Å²) in [6.07, 6.45) is -0.531. The summed E-state index contributed by atoms with van der Waals surface area (Å²) in [7, 11) is 0. The molecular weight excluding hydrogens is 237 g/mol. The summed E-state index contributed by atoms with van der Waals surface area (Å²) in [5.74, 6) is -1.07. The van der Waals surface area contributed by atoms with Crippen molar-refractivity contribution in [2.75, 3.05) is 0 Å². The summed E-state index contributed by atoms with van der Waals surface area (Å²) < 4.78 is 0. The number of aliphatic hydroxyl groups is 1. The number of carbonyl (C=O) groups is 1. The molecule has 19 heavy (non-hydrogen) atoms. The summed E-state index contributed by atoms with van der Waals surface area (Å²) in [5.41, 5.74) is -0.0147. The van der Waals surface area contributed by atoms with Crippen molar-refractivity contribution in [3.63, 3.8) is 0 Å². The summed E-state index contributed by atoms with van der Waals surface area (Å²) in [6, 6.07) is 9.45. The summed E-state index contributed by atoms with van der Waals surface area (Å²) in [4.78, 5) is 11.2. The van der Waals surface area contributed by atoms with Crippen LogP contribution in [0.3, 0.4) is 0 Å². The van der Waals surface area contributed by atoms with Crippen molar-refractivity contribution in [1.82, 2.24) is 0 Å². The van der Waals surface area contributed by atoms with Gasteiger partial charge in [-0.3, -0.25) is 4.79 Å². The van der Waals surface area contributed by atoms with Gasteiger partial charge in [0.15, 0.2) is 0 Å². The monoisotopic (exact) mass is 257 g/mol. The number of aliphatic hydroxyl groups excluding tert-OH is 1. The molecule has 0 bridgehead atoms. The van der Waals surface area contributed by atoms with Crippen LogP contribution in [0.1, 0.15) is 25.8 Å². The molecule has 0 aliphatic heterocycles. The Hall–Kier alpha value is -1.08. The second-order valence-corrected chi connectivity index (χ2v) is 4.84. The molecule has 0 aliphatic rings. The van der Waals surface area contributed by atoms with Gasteiger partial charge in [0.05, 0.1) is 11.5 Å². The van der Waals surface area contributed by atoms with E-state index in [1.807, 2.05) is 30.3 Å². The van der Waals surface area contributed by atoms with Gasteiger partial charge in [-0.05, 0) is 19.4 Å². The standard InChI is InChI=1S/C14H19NO3.Li.H/c1-10(16)14(2,13(17)18)9-12(15)8-11-6-4-3-5-7-11;;/h3-7,10,15-16H,8-9H2,1-2H3,(H,17,18);;. The average molecular weight is 257 g/mol. The first-order chi connectivity index (χ1) is 8.36.